The summed E-state index contributed by atoms with van der Waals surface area (Å²) in [6, 6.07) is 7.96. The Morgan fingerprint density at radius 2 is 2.17 bits per heavy atom. The van der Waals surface area contributed by atoms with Gasteiger partial charge in [0.25, 0.3) is 0 Å². The number of hydrogen-bond acceptors (Lipinski definition) is 4. The van der Waals surface area contributed by atoms with Crippen LogP contribution in [-0.4, -0.2) is 27.2 Å². The van der Waals surface area contributed by atoms with Gasteiger partial charge in [-0.1, -0.05) is 18.2 Å². The molecule has 6 heteroatoms. The smallest absolute Gasteiger partial charge is 0.222 e. The predicted octanol–water partition coefficient (Wildman–Crippen LogP) is 2.21. The van der Waals surface area contributed by atoms with Crippen LogP contribution in [0, 0.1) is 6.92 Å². The van der Waals surface area contributed by atoms with Gasteiger partial charge in [-0.25, -0.2) is 0 Å². The normalized spacial score (nSPS) is 14.3. The van der Waals surface area contributed by atoms with Crippen molar-refractivity contribution < 1.29 is 4.79 Å². The molecular weight excluding hydrogens is 290 g/mol. The average Bonchev–Trinajstić information content (AvgIpc) is 3.12. The van der Waals surface area contributed by atoms with Crippen molar-refractivity contribution in [3.05, 3.63) is 41.5 Å². The summed E-state index contributed by atoms with van der Waals surface area (Å²) < 4.78 is 2.12. The average molecular weight is 313 g/mol. The molecule has 1 aliphatic rings. The zero-order chi connectivity index (χ0) is 16.2. The monoisotopic (exact) mass is 313 g/mol. The highest BCUT2D eigenvalue weighted by molar-refractivity contribution is 5.76. The molecule has 0 radical (unpaired) electrons. The van der Waals surface area contributed by atoms with Crippen LogP contribution in [0.1, 0.15) is 43.0 Å². The summed E-state index contributed by atoms with van der Waals surface area (Å²) in [5.41, 5.74) is 2.25. The third-order valence-electron chi connectivity index (χ3n) is 4.22. The number of para-hydroxylation sites is 1. The van der Waals surface area contributed by atoms with E-state index in [0.29, 0.717) is 13.0 Å². The number of carbonyl (C=O) groups excluding carboxylic acids is 1. The number of carbonyl (C=O) groups is 1. The molecule has 0 bridgehead atoms. The van der Waals surface area contributed by atoms with Gasteiger partial charge in [0.05, 0.1) is 6.04 Å². The molecule has 23 heavy (non-hydrogen) atoms. The number of aryl methyl sites for hydroxylation is 2. The Kier molecular flexibility index (Phi) is 4.60. The molecule has 0 spiro atoms. The van der Waals surface area contributed by atoms with Crippen molar-refractivity contribution in [2.24, 2.45) is 0 Å². The lowest BCUT2D eigenvalue weighted by Crippen LogP contribution is -2.30. The highest BCUT2D eigenvalue weighted by Crippen LogP contribution is 2.19. The Morgan fingerprint density at radius 1 is 1.35 bits per heavy atom. The molecule has 1 atom stereocenters. The van der Waals surface area contributed by atoms with E-state index in [-0.39, 0.29) is 11.9 Å². The Morgan fingerprint density at radius 3 is 3.00 bits per heavy atom. The second-order valence-electron chi connectivity index (χ2n) is 6.01. The molecule has 2 N–H and O–H groups in total. The van der Waals surface area contributed by atoms with E-state index in [2.05, 4.69) is 38.4 Å². The molecule has 1 aliphatic heterocycles. The lowest BCUT2D eigenvalue weighted by atomic mass is 10.2. The van der Waals surface area contributed by atoms with Gasteiger partial charge in [-0.05, 0) is 31.9 Å². The minimum atomic E-state index is -0.111. The molecule has 2 heterocycles. The number of nitrogens with zero attached hydrogens (tertiary/aromatic N) is 3. The quantitative estimate of drug-likeness (QED) is 0.858. The van der Waals surface area contributed by atoms with Crippen molar-refractivity contribution in [2.75, 3.05) is 11.9 Å². The fraction of sp³-hybridized carbons (Fsp3) is 0.471. The van der Waals surface area contributed by atoms with Gasteiger partial charge in [-0.15, -0.1) is 10.2 Å². The first-order valence-electron chi connectivity index (χ1n) is 8.16. The predicted molar refractivity (Wildman–Crippen MR) is 89.2 cm³/mol. The van der Waals surface area contributed by atoms with E-state index in [0.717, 1.165) is 36.7 Å². The number of nitrogens with one attached hydrogen (secondary N) is 2. The molecule has 0 fully saturated rings. The van der Waals surface area contributed by atoms with Crippen LogP contribution in [0.15, 0.2) is 24.3 Å². The maximum Gasteiger partial charge on any atom is 0.222 e. The van der Waals surface area contributed by atoms with Gasteiger partial charge in [0.15, 0.2) is 5.82 Å². The molecule has 122 valence electrons. The Hall–Kier alpha value is -2.37. The summed E-state index contributed by atoms with van der Waals surface area (Å²) in [6.45, 7) is 5.58. The van der Waals surface area contributed by atoms with E-state index in [9.17, 15) is 4.79 Å². The molecule has 1 aromatic heterocycles. The number of amides is 1. The van der Waals surface area contributed by atoms with Crippen LogP contribution >= 0.6 is 0 Å². The molecule has 0 aliphatic carbocycles. The number of aromatic nitrogens is 3. The minimum absolute atomic E-state index is 0.0222. The van der Waals surface area contributed by atoms with Crippen molar-refractivity contribution in [3.8, 4) is 0 Å². The summed E-state index contributed by atoms with van der Waals surface area (Å²) >= 11 is 0. The first-order chi connectivity index (χ1) is 11.1. The van der Waals surface area contributed by atoms with E-state index in [1.807, 2.05) is 25.1 Å². The first-order valence-corrected chi connectivity index (χ1v) is 8.16. The molecular formula is C17H23N5O. The molecule has 1 amide bonds. The maximum absolute atomic E-state index is 12.1. The van der Waals surface area contributed by atoms with Crippen LogP contribution in [0.4, 0.5) is 5.69 Å². The summed E-state index contributed by atoms with van der Waals surface area (Å²) in [5, 5.41) is 14.7. The van der Waals surface area contributed by atoms with Gasteiger partial charge < -0.3 is 15.2 Å². The minimum Gasteiger partial charge on any atom is -0.384 e. The number of hydrogen-bond donors (Lipinski definition) is 2. The van der Waals surface area contributed by atoms with Crippen LogP contribution in [0.3, 0.4) is 0 Å². The molecule has 0 saturated carbocycles. The highest BCUT2D eigenvalue weighted by Gasteiger charge is 2.22. The lowest BCUT2D eigenvalue weighted by Gasteiger charge is -2.14. The number of anilines is 1. The van der Waals surface area contributed by atoms with E-state index in [4.69, 9.17) is 0 Å². The third kappa shape index (κ3) is 3.52. The van der Waals surface area contributed by atoms with E-state index in [1.54, 1.807) is 0 Å². The molecule has 3 rings (SSSR count). The number of benzene rings is 1. The molecule has 0 saturated heterocycles. The molecule has 6 nitrogen and oxygen atoms in total. The zero-order valence-electron chi connectivity index (χ0n) is 13.7. The second-order valence-corrected chi connectivity index (χ2v) is 6.01. The standard InChI is InChI=1S/C17H23N5O/c1-12-6-3-4-7-14(12)18-10-9-16(23)19-13(2)17-21-20-15-8-5-11-22(15)17/h3-4,6-7,13,18H,5,8-11H2,1-2H3,(H,19,23). The van der Waals surface area contributed by atoms with Crippen LogP contribution in [0.5, 0.6) is 0 Å². The van der Waals surface area contributed by atoms with Gasteiger partial charge in [-0.2, -0.15) is 0 Å². The third-order valence-corrected chi connectivity index (χ3v) is 4.22. The van der Waals surface area contributed by atoms with Crippen molar-refractivity contribution in [1.82, 2.24) is 20.1 Å². The number of rotatable bonds is 6. The zero-order valence-corrected chi connectivity index (χ0v) is 13.7. The SMILES string of the molecule is Cc1ccccc1NCCC(=O)NC(C)c1nnc2n1CCC2. The van der Waals surface area contributed by atoms with Gasteiger partial charge in [0.1, 0.15) is 5.82 Å². The summed E-state index contributed by atoms with van der Waals surface area (Å²) in [5.74, 6) is 1.91. The topological polar surface area (TPSA) is 71.8 Å². The van der Waals surface area contributed by atoms with Crippen LogP contribution < -0.4 is 10.6 Å². The Labute approximate surface area is 136 Å². The Balaban J connectivity index is 1.48. The lowest BCUT2D eigenvalue weighted by molar-refractivity contribution is -0.121. The second kappa shape index (κ2) is 6.81. The summed E-state index contributed by atoms with van der Waals surface area (Å²) in [4.78, 5) is 12.1. The Bertz CT molecular complexity index is 694. The van der Waals surface area contributed by atoms with E-state index in [1.165, 1.54) is 5.56 Å². The highest BCUT2D eigenvalue weighted by atomic mass is 16.1. The van der Waals surface area contributed by atoms with Crippen LogP contribution in [-0.2, 0) is 17.8 Å². The largest absolute Gasteiger partial charge is 0.384 e. The molecule has 1 unspecified atom stereocenters. The molecule has 2 aromatic rings. The number of fused-ring (bicyclic) bond motifs is 1. The van der Waals surface area contributed by atoms with Gasteiger partial charge >= 0.3 is 0 Å². The fourth-order valence-electron chi connectivity index (χ4n) is 2.95. The fourth-order valence-corrected chi connectivity index (χ4v) is 2.95. The van der Waals surface area contributed by atoms with Crippen LogP contribution in [0.2, 0.25) is 0 Å². The van der Waals surface area contributed by atoms with Crippen molar-refractivity contribution >= 4 is 11.6 Å². The van der Waals surface area contributed by atoms with E-state index < -0.39 is 0 Å². The summed E-state index contributed by atoms with van der Waals surface area (Å²) in [7, 11) is 0. The van der Waals surface area contributed by atoms with Crippen molar-refractivity contribution in [1.29, 1.82) is 0 Å². The maximum atomic E-state index is 12.1. The summed E-state index contributed by atoms with van der Waals surface area (Å²) in [6.07, 6.45) is 2.52. The van der Waals surface area contributed by atoms with Gasteiger partial charge in [-0.3, -0.25) is 4.79 Å². The van der Waals surface area contributed by atoms with Crippen molar-refractivity contribution in [3.63, 3.8) is 0 Å². The van der Waals surface area contributed by atoms with Crippen molar-refractivity contribution in [2.45, 2.75) is 45.7 Å². The van der Waals surface area contributed by atoms with E-state index >= 15 is 0 Å². The molecule has 1 aromatic carbocycles. The van der Waals surface area contributed by atoms with Crippen LogP contribution in [0.25, 0.3) is 0 Å². The first kappa shape index (κ1) is 15.5. The van der Waals surface area contributed by atoms with Gasteiger partial charge in [0.2, 0.25) is 5.91 Å². The van der Waals surface area contributed by atoms with Gasteiger partial charge in [0, 0.05) is 31.6 Å².